The van der Waals surface area contributed by atoms with Crippen molar-refractivity contribution in [2.24, 2.45) is 5.92 Å². The molecule has 1 amide bonds. The van der Waals surface area contributed by atoms with Crippen LogP contribution in [0.3, 0.4) is 0 Å². The Labute approximate surface area is 228 Å². The predicted octanol–water partition coefficient (Wildman–Crippen LogP) is 8.01. The Hall–Kier alpha value is -2.45. The second kappa shape index (κ2) is 10.3. The number of amides is 1. The van der Waals surface area contributed by atoms with Gasteiger partial charge in [-0.05, 0) is 90.3 Å². The first-order chi connectivity index (χ1) is 16.9. The van der Waals surface area contributed by atoms with E-state index in [1.54, 1.807) is 4.90 Å². The molecule has 1 aliphatic carbocycles. The first-order valence-electron chi connectivity index (χ1n) is 11.7. The largest absolute Gasteiger partial charge is 0.448 e. The van der Waals surface area contributed by atoms with Gasteiger partial charge in [0.15, 0.2) is 0 Å². The van der Waals surface area contributed by atoms with E-state index >= 15 is 0 Å². The number of aromatic nitrogens is 1. The second-order valence-electron chi connectivity index (χ2n) is 9.37. The van der Waals surface area contributed by atoms with Gasteiger partial charge in [0.2, 0.25) is 0 Å². The van der Waals surface area contributed by atoms with E-state index < -0.39 is 0 Å². The van der Waals surface area contributed by atoms with Crippen molar-refractivity contribution in [1.82, 2.24) is 9.88 Å². The van der Waals surface area contributed by atoms with Crippen molar-refractivity contribution >= 4 is 55.4 Å². The van der Waals surface area contributed by atoms with E-state index in [1.807, 2.05) is 6.20 Å². The summed E-state index contributed by atoms with van der Waals surface area (Å²) in [5.74, 6) is 0.361. The molecular formula is C29H26BrIN2O2. The Bertz CT molecular complexity index is 1360. The van der Waals surface area contributed by atoms with Gasteiger partial charge in [0.25, 0.3) is 0 Å². The van der Waals surface area contributed by atoms with Crippen molar-refractivity contribution in [1.29, 1.82) is 0 Å². The molecule has 1 aromatic heterocycles. The van der Waals surface area contributed by atoms with Gasteiger partial charge in [-0.15, -0.1) is 0 Å². The van der Waals surface area contributed by atoms with Crippen LogP contribution in [-0.2, 0) is 11.3 Å². The summed E-state index contributed by atoms with van der Waals surface area (Å²) in [5, 5.41) is 2.18. The van der Waals surface area contributed by atoms with Crippen molar-refractivity contribution in [2.75, 3.05) is 13.2 Å². The maximum absolute atomic E-state index is 13.3. The van der Waals surface area contributed by atoms with Crippen LogP contribution < -0.4 is 0 Å². The Balaban J connectivity index is 1.35. The number of pyridine rings is 1. The zero-order valence-corrected chi connectivity index (χ0v) is 23.4. The third-order valence-electron chi connectivity index (χ3n) is 6.35. The molecule has 0 bridgehead atoms. The minimum Gasteiger partial charge on any atom is -0.448 e. The fourth-order valence-corrected chi connectivity index (χ4v) is 5.65. The molecule has 178 valence electrons. The van der Waals surface area contributed by atoms with Gasteiger partial charge in [0.05, 0.1) is 12.2 Å². The second-order valence-corrected chi connectivity index (χ2v) is 11.4. The number of rotatable bonds is 6. The number of ether oxygens (including phenoxy) is 1. The summed E-state index contributed by atoms with van der Waals surface area (Å²) in [4.78, 5) is 19.7. The maximum Gasteiger partial charge on any atom is 0.410 e. The average molecular weight is 641 g/mol. The Kier molecular flexibility index (Phi) is 7.12. The molecule has 4 aromatic rings. The summed E-state index contributed by atoms with van der Waals surface area (Å²) in [6, 6.07) is 23.1. The van der Waals surface area contributed by atoms with Crippen molar-refractivity contribution in [3.63, 3.8) is 0 Å². The summed E-state index contributed by atoms with van der Waals surface area (Å²) >= 11 is 5.90. The standard InChI is InChI=1S/C29H26BrIN2O2/c1-18(2)15-33(16-21-11-19-13-28(31)27(30)12-20(19)14-32-21)29(34)35-17-26-24-9-5-3-7-22(24)23-8-4-6-10-25(23)26/h3-14,18,26H,15-17H2,1-2H3. The lowest BCUT2D eigenvalue weighted by Gasteiger charge is -2.25. The van der Waals surface area contributed by atoms with E-state index in [9.17, 15) is 4.79 Å². The van der Waals surface area contributed by atoms with Crippen LogP contribution in [-0.4, -0.2) is 29.1 Å². The van der Waals surface area contributed by atoms with Gasteiger partial charge < -0.3 is 9.64 Å². The van der Waals surface area contributed by atoms with E-state index in [-0.39, 0.29) is 12.0 Å². The van der Waals surface area contributed by atoms with Crippen LogP contribution in [0.2, 0.25) is 0 Å². The molecule has 0 fully saturated rings. The molecule has 35 heavy (non-hydrogen) atoms. The van der Waals surface area contributed by atoms with Crippen molar-refractivity contribution in [3.05, 3.63) is 97.8 Å². The minimum absolute atomic E-state index is 0.0477. The molecule has 0 aliphatic heterocycles. The SMILES string of the molecule is CC(C)CN(Cc1cc2cc(I)c(Br)cc2cn1)C(=O)OCC1c2ccccc2-c2ccccc21. The van der Waals surface area contributed by atoms with Crippen LogP contribution >= 0.6 is 38.5 Å². The van der Waals surface area contributed by atoms with Crippen molar-refractivity contribution in [2.45, 2.75) is 26.3 Å². The van der Waals surface area contributed by atoms with E-state index in [0.29, 0.717) is 25.6 Å². The van der Waals surface area contributed by atoms with Crippen LogP contribution in [0.15, 0.2) is 77.4 Å². The quantitative estimate of drug-likeness (QED) is 0.201. The summed E-state index contributed by atoms with van der Waals surface area (Å²) < 4.78 is 8.15. The number of nitrogens with zero attached hydrogens (tertiary/aromatic N) is 2. The summed E-state index contributed by atoms with van der Waals surface area (Å²) in [6.07, 6.45) is 1.57. The number of fused-ring (bicyclic) bond motifs is 4. The van der Waals surface area contributed by atoms with Crippen LogP contribution in [0.4, 0.5) is 4.79 Å². The Morgan fingerprint density at radius 3 is 2.34 bits per heavy atom. The molecule has 0 spiro atoms. The van der Waals surface area contributed by atoms with Gasteiger partial charge in [-0.2, -0.15) is 0 Å². The smallest absolute Gasteiger partial charge is 0.410 e. The lowest BCUT2D eigenvalue weighted by molar-refractivity contribution is 0.0923. The fourth-order valence-electron chi connectivity index (χ4n) is 4.80. The third-order valence-corrected chi connectivity index (χ3v) is 8.64. The molecule has 3 aromatic carbocycles. The summed E-state index contributed by atoms with van der Waals surface area (Å²) in [7, 11) is 0. The monoisotopic (exact) mass is 640 g/mol. The number of benzene rings is 3. The number of hydrogen-bond donors (Lipinski definition) is 0. The van der Waals surface area contributed by atoms with Crippen LogP contribution in [0, 0.1) is 9.49 Å². The zero-order chi connectivity index (χ0) is 24.5. The first-order valence-corrected chi connectivity index (χ1v) is 13.6. The van der Waals surface area contributed by atoms with Crippen molar-refractivity contribution in [3.8, 4) is 11.1 Å². The molecule has 6 heteroatoms. The highest BCUT2D eigenvalue weighted by molar-refractivity contribution is 14.1. The first kappa shape index (κ1) is 24.3. The lowest BCUT2D eigenvalue weighted by atomic mass is 9.98. The minimum atomic E-state index is -0.298. The van der Waals surface area contributed by atoms with E-state index in [2.05, 4.69) is 124 Å². The molecule has 5 rings (SSSR count). The van der Waals surface area contributed by atoms with Crippen LogP contribution in [0.5, 0.6) is 0 Å². The van der Waals surface area contributed by atoms with Gasteiger partial charge in [0, 0.05) is 32.1 Å². The molecule has 0 atom stereocenters. The Morgan fingerprint density at radius 1 is 1.03 bits per heavy atom. The highest BCUT2D eigenvalue weighted by Crippen LogP contribution is 2.44. The number of carbonyl (C=O) groups is 1. The molecule has 0 unspecified atom stereocenters. The average Bonchev–Trinajstić information content (AvgIpc) is 3.16. The normalized spacial score (nSPS) is 12.6. The van der Waals surface area contributed by atoms with Gasteiger partial charge in [-0.3, -0.25) is 4.98 Å². The molecule has 0 radical (unpaired) electrons. The van der Waals surface area contributed by atoms with E-state index in [1.165, 1.54) is 22.3 Å². The van der Waals surface area contributed by atoms with Gasteiger partial charge in [-0.1, -0.05) is 62.4 Å². The molecular weight excluding hydrogens is 615 g/mol. The number of hydrogen-bond acceptors (Lipinski definition) is 3. The fraction of sp³-hybridized carbons (Fsp3) is 0.241. The van der Waals surface area contributed by atoms with Gasteiger partial charge >= 0.3 is 6.09 Å². The van der Waals surface area contributed by atoms with Crippen LogP contribution in [0.25, 0.3) is 21.9 Å². The highest BCUT2D eigenvalue weighted by Gasteiger charge is 2.30. The van der Waals surface area contributed by atoms with E-state index in [0.717, 1.165) is 24.5 Å². The molecule has 1 aliphatic rings. The molecule has 0 N–H and O–H groups in total. The molecule has 0 saturated heterocycles. The zero-order valence-electron chi connectivity index (χ0n) is 19.7. The van der Waals surface area contributed by atoms with Gasteiger partial charge in [0.1, 0.15) is 6.61 Å². The third kappa shape index (κ3) is 5.09. The van der Waals surface area contributed by atoms with E-state index in [4.69, 9.17) is 4.74 Å². The Morgan fingerprint density at radius 2 is 1.69 bits per heavy atom. The topological polar surface area (TPSA) is 42.4 Å². The molecule has 0 saturated carbocycles. The highest BCUT2D eigenvalue weighted by atomic mass is 127. The predicted molar refractivity (Wildman–Crippen MR) is 152 cm³/mol. The lowest BCUT2D eigenvalue weighted by Crippen LogP contribution is -2.35. The van der Waals surface area contributed by atoms with Crippen molar-refractivity contribution < 1.29 is 9.53 Å². The van der Waals surface area contributed by atoms with Gasteiger partial charge in [-0.25, -0.2) is 4.79 Å². The maximum atomic E-state index is 13.3. The number of carbonyl (C=O) groups excluding carboxylic acids is 1. The molecule has 1 heterocycles. The number of halogens is 2. The van der Waals surface area contributed by atoms with Crippen LogP contribution in [0.1, 0.15) is 36.6 Å². The summed E-state index contributed by atoms with van der Waals surface area (Å²) in [5.41, 5.74) is 5.74. The summed E-state index contributed by atoms with van der Waals surface area (Å²) in [6.45, 7) is 5.55. The molecule has 4 nitrogen and oxygen atoms in total.